The van der Waals surface area contributed by atoms with Gasteiger partial charge in [0.1, 0.15) is 5.69 Å². The van der Waals surface area contributed by atoms with Crippen molar-refractivity contribution in [3.63, 3.8) is 0 Å². The predicted octanol–water partition coefficient (Wildman–Crippen LogP) is 4.28. The van der Waals surface area contributed by atoms with Crippen LogP contribution in [0.25, 0.3) is 10.9 Å². The number of pyridine rings is 1. The van der Waals surface area contributed by atoms with Gasteiger partial charge in [0, 0.05) is 10.9 Å². The van der Waals surface area contributed by atoms with Crippen LogP contribution in [0.15, 0.2) is 54.6 Å². The van der Waals surface area contributed by atoms with Gasteiger partial charge < -0.3 is 4.74 Å². The number of Topliss-reactive ketones (excluding diaryl/α,β-unsaturated/α-hetero) is 1. The van der Waals surface area contributed by atoms with Crippen LogP contribution in [-0.2, 0) is 4.74 Å². The maximum atomic E-state index is 12.5. The molecule has 0 amide bonds. The number of ketones is 1. The Morgan fingerprint density at radius 3 is 2.48 bits per heavy atom. The minimum Gasteiger partial charge on any atom is -0.450 e. The summed E-state index contributed by atoms with van der Waals surface area (Å²) >= 11 is 0. The molecule has 0 spiro atoms. The first-order valence-electron chi connectivity index (χ1n) is 8.14. The molecule has 0 aliphatic carbocycles. The van der Waals surface area contributed by atoms with Gasteiger partial charge in [-0.1, -0.05) is 36.4 Å². The molecular formula is C21H19NO3. The number of aromatic nitrogens is 1. The van der Waals surface area contributed by atoms with Crippen molar-refractivity contribution in [2.45, 2.75) is 26.9 Å². The van der Waals surface area contributed by atoms with Crippen molar-refractivity contribution in [2.24, 2.45) is 0 Å². The van der Waals surface area contributed by atoms with Crippen LogP contribution in [0.3, 0.4) is 0 Å². The number of rotatable bonds is 4. The maximum absolute atomic E-state index is 12.5. The lowest BCUT2D eigenvalue weighted by atomic mass is 10.0. The van der Waals surface area contributed by atoms with E-state index in [9.17, 15) is 9.59 Å². The van der Waals surface area contributed by atoms with Crippen molar-refractivity contribution in [1.82, 2.24) is 4.98 Å². The zero-order valence-electron chi connectivity index (χ0n) is 14.4. The zero-order valence-corrected chi connectivity index (χ0v) is 14.4. The van der Waals surface area contributed by atoms with Gasteiger partial charge in [0.05, 0.1) is 5.52 Å². The van der Waals surface area contributed by atoms with Crippen LogP contribution in [0, 0.1) is 13.8 Å². The third-order valence-corrected chi connectivity index (χ3v) is 4.25. The fourth-order valence-corrected chi connectivity index (χ4v) is 2.58. The van der Waals surface area contributed by atoms with Gasteiger partial charge in [-0.25, -0.2) is 9.78 Å². The summed E-state index contributed by atoms with van der Waals surface area (Å²) in [4.78, 5) is 29.1. The summed E-state index contributed by atoms with van der Waals surface area (Å²) in [5, 5.41) is 0.943. The Hall–Kier alpha value is -3.01. The van der Waals surface area contributed by atoms with E-state index in [1.807, 2.05) is 56.3 Å². The van der Waals surface area contributed by atoms with E-state index in [0.29, 0.717) is 11.1 Å². The highest BCUT2D eigenvalue weighted by atomic mass is 16.5. The second-order valence-electron chi connectivity index (χ2n) is 6.10. The highest BCUT2D eigenvalue weighted by molar-refractivity contribution is 6.01. The largest absolute Gasteiger partial charge is 0.450 e. The van der Waals surface area contributed by atoms with Crippen LogP contribution in [-0.4, -0.2) is 22.8 Å². The van der Waals surface area contributed by atoms with Crippen molar-refractivity contribution in [3.8, 4) is 0 Å². The van der Waals surface area contributed by atoms with Crippen molar-refractivity contribution in [2.75, 3.05) is 0 Å². The number of carbonyl (C=O) groups excluding carboxylic acids is 2. The maximum Gasteiger partial charge on any atom is 0.357 e. The molecule has 1 aromatic heterocycles. The molecule has 126 valence electrons. The molecule has 3 rings (SSSR count). The second-order valence-corrected chi connectivity index (χ2v) is 6.10. The van der Waals surface area contributed by atoms with E-state index >= 15 is 0 Å². The van der Waals surface area contributed by atoms with Gasteiger partial charge in [0.2, 0.25) is 5.78 Å². The minimum atomic E-state index is -0.872. The number of esters is 1. The van der Waals surface area contributed by atoms with Gasteiger partial charge >= 0.3 is 5.97 Å². The zero-order chi connectivity index (χ0) is 18.0. The number of nitrogens with zero attached hydrogens (tertiary/aromatic N) is 1. The van der Waals surface area contributed by atoms with Gasteiger partial charge in [-0.3, -0.25) is 4.79 Å². The molecule has 0 aliphatic heterocycles. The number of benzene rings is 2. The molecule has 25 heavy (non-hydrogen) atoms. The quantitative estimate of drug-likeness (QED) is 0.528. The monoisotopic (exact) mass is 333 g/mol. The number of fused-ring (bicyclic) bond motifs is 1. The molecule has 2 aromatic carbocycles. The normalized spacial score (nSPS) is 12.0. The van der Waals surface area contributed by atoms with Crippen LogP contribution in [0.4, 0.5) is 0 Å². The van der Waals surface area contributed by atoms with Crippen LogP contribution < -0.4 is 0 Å². The molecule has 3 aromatic rings. The molecule has 0 radical (unpaired) electrons. The number of carbonyl (C=O) groups is 2. The molecule has 0 N–H and O–H groups in total. The summed E-state index contributed by atoms with van der Waals surface area (Å²) in [6.45, 7) is 5.51. The summed E-state index contributed by atoms with van der Waals surface area (Å²) in [7, 11) is 0. The Morgan fingerprint density at radius 1 is 0.960 bits per heavy atom. The smallest absolute Gasteiger partial charge is 0.357 e. The second kappa shape index (κ2) is 6.85. The van der Waals surface area contributed by atoms with E-state index in [2.05, 4.69) is 4.98 Å². The first kappa shape index (κ1) is 16.8. The SMILES string of the molecule is Cc1ccc(C(=O)C(C)OC(=O)c2ccc3ccccc3n2)cc1C. The van der Waals surface area contributed by atoms with E-state index in [-0.39, 0.29) is 11.5 Å². The number of para-hydroxylation sites is 1. The van der Waals surface area contributed by atoms with Crippen molar-refractivity contribution < 1.29 is 14.3 Å². The topological polar surface area (TPSA) is 56.3 Å². The number of ether oxygens (including phenoxy) is 1. The average Bonchev–Trinajstić information content (AvgIpc) is 2.62. The van der Waals surface area contributed by atoms with Crippen molar-refractivity contribution in [3.05, 3.63) is 77.0 Å². The van der Waals surface area contributed by atoms with Gasteiger partial charge in [0.25, 0.3) is 0 Å². The standard InChI is InChI=1S/C21H19NO3/c1-13-8-9-17(12-14(13)2)20(23)15(3)25-21(24)19-11-10-16-6-4-5-7-18(16)22-19/h4-12,15H,1-3H3. The summed E-state index contributed by atoms with van der Waals surface area (Å²) in [6.07, 6.45) is -0.872. The van der Waals surface area contributed by atoms with E-state index in [4.69, 9.17) is 4.74 Å². The fourth-order valence-electron chi connectivity index (χ4n) is 2.58. The van der Waals surface area contributed by atoms with E-state index in [0.717, 1.165) is 16.5 Å². The van der Waals surface area contributed by atoms with Crippen molar-refractivity contribution >= 4 is 22.7 Å². The Labute approximate surface area is 146 Å². The van der Waals surface area contributed by atoms with E-state index < -0.39 is 12.1 Å². The molecule has 4 nitrogen and oxygen atoms in total. The highest BCUT2D eigenvalue weighted by Gasteiger charge is 2.21. The first-order valence-corrected chi connectivity index (χ1v) is 8.14. The average molecular weight is 333 g/mol. The molecule has 0 aliphatic rings. The van der Waals surface area contributed by atoms with E-state index in [1.54, 1.807) is 19.1 Å². The van der Waals surface area contributed by atoms with Gasteiger partial charge in [-0.2, -0.15) is 0 Å². The fraction of sp³-hybridized carbons (Fsp3) is 0.190. The summed E-state index contributed by atoms with van der Waals surface area (Å²) in [5.41, 5.74) is 3.58. The van der Waals surface area contributed by atoms with Gasteiger partial charge in [-0.05, 0) is 50.1 Å². The Bertz CT molecular complexity index is 962. The Morgan fingerprint density at radius 2 is 1.72 bits per heavy atom. The van der Waals surface area contributed by atoms with Gasteiger partial charge in [-0.15, -0.1) is 0 Å². The summed E-state index contributed by atoms with van der Waals surface area (Å²) in [5.74, 6) is -0.826. The molecule has 0 bridgehead atoms. The number of hydrogen-bond donors (Lipinski definition) is 0. The summed E-state index contributed by atoms with van der Waals surface area (Å²) < 4.78 is 5.32. The molecule has 1 unspecified atom stereocenters. The number of hydrogen-bond acceptors (Lipinski definition) is 4. The molecule has 0 fully saturated rings. The first-order chi connectivity index (χ1) is 12.0. The lowest BCUT2D eigenvalue weighted by molar-refractivity contribution is 0.0313. The third kappa shape index (κ3) is 3.58. The summed E-state index contributed by atoms with van der Waals surface area (Å²) in [6, 6.07) is 16.4. The van der Waals surface area contributed by atoms with Crippen molar-refractivity contribution in [1.29, 1.82) is 0 Å². The van der Waals surface area contributed by atoms with Crippen LogP contribution in [0.1, 0.15) is 38.9 Å². The Balaban J connectivity index is 1.76. The molecule has 1 heterocycles. The van der Waals surface area contributed by atoms with Crippen LogP contribution in [0.5, 0.6) is 0 Å². The predicted molar refractivity (Wildman–Crippen MR) is 96.9 cm³/mol. The molecule has 4 heteroatoms. The minimum absolute atomic E-state index is 0.193. The molecular weight excluding hydrogens is 314 g/mol. The Kier molecular flexibility index (Phi) is 4.61. The lowest BCUT2D eigenvalue weighted by Gasteiger charge is -2.13. The molecule has 0 saturated carbocycles. The highest BCUT2D eigenvalue weighted by Crippen LogP contribution is 2.15. The third-order valence-electron chi connectivity index (χ3n) is 4.25. The molecule has 0 saturated heterocycles. The van der Waals surface area contributed by atoms with Gasteiger partial charge in [0.15, 0.2) is 6.10 Å². The number of aryl methyl sites for hydroxylation is 2. The molecule has 1 atom stereocenters. The van der Waals surface area contributed by atoms with Crippen LogP contribution >= 0.6 is 0 Å². The lowest BCUT2D eigenvalue weighted by Crippen LogP contribution is -2.25. The van der Waals surface area contributed by atoms with Crippen LogP contribution in [0.2, 0.25) is 0 Å². The van der Waals surface area contributed by atoms with E-state index in [1.165, 1.54) is 0 Å².